The van der Waals surface area contributed by atoms with Crippen LogP contribution in [0, 0.1) is 0 Å². The van der Waals surface area contributed by atoms with Crippen LogP contribution in [0.25, 0.3) is 0 Å². The molecule has 0 aliphatic heterocycles. The van der Waals surface area contributed by atoms with Crippen molar-refractivity contribution in [1.82, 2.24) is 4.90 Å². The van der Waals surface area contributed by atoms with Gasteiger partial charge in [0.1, 0.15) is 0 Å². The van der Waals surface area contributed by atoms with Crippen molar-refractivity contribution < 1.29 is 4.79 Å². The molecule has 17 heavy (non-hydrogen) atoms. The predicted molar refractivity (Wildman–Crippen MR) is 72.9 cm³/mol. The van der Waals surface area contributed by atoms with E-state index in [0.717, 1.165) is 5.56 Å². The lowest BCUT2D eigenvalue weighted by Gasteiger charge is -2.17. The third-order valence-corrected chi connectivity index (χ3v) is 3.00. The summed E-state index contributed by atoms with van der Waals surface area (Å²) in [7, 11) is 1.76. The fourth-order valence-corrected chi connectivity index (χ4v) is 2.18. The molecule has 0 heterocycles. The van der Waals surface area contributed by atoms with E-state index in [4.69, 9.17) is 34.8 Å². The maximum absolute atomic E-state index is 11.7. The zero-order chi connectivity index (χ0) is 12.8. The van der Waals surface area contributed by atoms with Gasteiger partial charge in [0.25, 0.3) is 0 Å². The SMILES string of the molecule is CN(Cc1cc(Cl)cc(Cl)c1)C(=O)CCCCl. The minimum Gasteiger partial charge on any atom is -0.341 e. The number of hydrogen-bond donors (Lipinski definition) is 0. The van der Waals surface area contributed by atoms with E-state index in [1.165, 1.54) is 0 Å². The van der Waals surface area contributed by atoms with Gasteiger partial charge in [-0.05, 0) is 30.2 Å². The minimum atomic E-state index is 0.0711. The molecule has 1 rings (SSSR count). The van der Waals surface area contributed by atoms with Crippen LogP contribution in [-0.2, 0) is 11.3 Å². The Kier molecular flexibility index (Phi) is 6.10. The molecule has 0 radical (unpaired) electrons. The lowest BCUT2D eigenvalue weighted by atomic mass is 10.2. The second kappa shape index (κ2) is 7.10. The smallest absolute Gasteiger partial charge is 0.222 e. The molecule has 0 atom stereocenters. The first-order chi connectivity index (χ1) is 8.02. The fourth-order valence-electron chi connectivity index (χ4n) is 1.47. The van der Waals surface area contributed by atoms with Crippen molar-refractivity contribution in [3.05, 3.63) is 33.8 Å². The number of carbonyl (C=O) groups is 1. The van der Waals surface area contributed by atoms with Crippen molar-refractivity contribution in [2.75, 3.05) is 12.9 Å². The molecule has 94 valence electrons. The third-order valence-electron chi connectivity index (χ3n) is 2.29. The summed E-state index contributed by atoms with van der Waals surface area (Å²) in [5.74, 6) is 0.574. The van der Waals surface area contributed by atoms with Crippen LogP contribution in [0.4, 0.5) is 0 Å². The van der Waals surface area contributed by atoms with Gasteiger partial charge in [0.05, 0.1) is 0 Å². The maximum Gasteiger partial charge on any atom is 0.222 e. The number of hydrogen-bond acceptors (Lipinski definition) is 1. The van der Waals surface area contributed by atoms with Crippen molar-refractivity contribution in [1.29, 1.82) is 0 Å². The predicted octanol–water partition coefficient (Wildman–Crippen LogP) is 3.97. The van der Waals surface area contributed by atoms with E-state index >= 15 is 0 Å². The highest BCUT2D eigenvalue weighted by atomic mass is 35.5. The normalized spacial score (nSPS) is 10.4. The third kappa shape index (κ3) is 5.15. The molecular formula is C12H14Cl3NO. The van der Waals surface area contributed by atoms with Crippen molar-refractivity contribution in [3.63, 3.8) is 0 Å². The molecule has 5 heteroatoms. The Morgan fingerprint density at radius 3 is 2.35 bits per heavy atom. The number of amides is 1. The Morgan fingerprint density at radius 2 is 1.82 bits per heavy atom. The first-order valence-electron chi connectivity index (χ1n) is 5.28. The van der Waals surface area contributed by atoms with Crippen LogP contribution in [0.1, 0.15) is 18.4 Å². The summed E-state index contributed by atoms with van der Waals surface area (Å²) in [4.78, 5) is 13.3. The van der Waals surface area contributed by atoms with Gasteiger partial charge in [0.15, 0.2) is 0 Å². The molecule has 1 amide bonds. The number of alkyl halides is 1. The van der Waals surface area contributed by atoms with E-state index in [0.29, 0.717) is 35.3 Å². The lowest BCUT2D eigenvalue weighted by Crippen LogP contribution is -2.25. The molecule has 0 bridgehead atoms. The number of benzene rings is 1. The molecule has 0 aromatic heterocycles. The van der Waals surface area contributed by atoms with Gasteiger partial charge < -0.3 is 4.90 Å². The zero-order valence-electron chi connectivity index (χ0n) is 9.55. The molecule has 0 aliphatic carbocycles. The molecular weight excluding hydrogens is 280 g/mol. The van der Waals surface area contributed by atoms with Crippen molar-refractivity contribution >= 4 is 40.7 Å². The van der Waals surface area contributed by atoms with Crippen LogP contribution >= 0.6 is 34.8 Å². The molecule has 0 N–H and O–H groups in total. The van der Waals surface area contributed by atoms with E-state index in [1.807, 2.05) is 0 Å². The number of carbonyl (C=O) groups excluding carboxylic acids is 1. The number of rotatable bonds is 5. The van der Waals surface area contributed by atoms with Gasteiger partial charge in [0.2, 0.25) is 5.91 Å². The van der Waals surface area contributed by atoms with Gasteiger partial charge in [-0.2, -0.15) is 0 Å². The van der Waals surface area contributed by atoms with Gasteiger partial charge in [-0.1, -0.05) is 23.2 Å². The Hall–Kier alpha value is -0.440. The topological polar surface area (TPSA) is 20.3 Å². The molecule has 0 fully saturated rings. The van der Waals surface area contributed by atoms with Gasteiger partial charge in [-0.3, -0.25) is 4.79 Å². The van der Waals surface area contributed by atoms with Gasteiger partial charge in [0, 0.05) is 35.9 Å². The van der Waals surface area contributed by atoms with Crippen LogP contribution in [0.5, 0.6) is 0 Å². The Morgan fingerprint density at radius 1 is 1.24 bits per heavy atom. The summed E-state index contributed by atoms with van der Waals surface area (Å²) in [5, 5.41) is 1.16. The van der Waals surface area contributed by atoms with Crippen LogP contribution in [0.15, 0.2) is 18.2 Å². The number of nitrogens with zero attached hydrogens (tertiary/aromatic N) is 1. The van der Waals surface area contributed by atoms with Gasteiger partial charge in [-0.15, -0.1) is 11.6 Å². The second-order valence-corrected chi connectivity index (χ2v) is 5.07. The Bertz CT molecular complexity index is 375. The van der Waals surface area contributed by atoms with Crippen LogP contribution < -0.4 is 0 Å². The minimum absolute atomic E-state index is 0.0711. The summed E-state index contributed by atoms with van der Waals surface area (Å²) in [6, 6.07) is 5.28. The number of halogens is 3. The summed E-state index contributed by atoms with van der Waals surface area (Å²) in [5.41, 5.74) is 0.921. The first-order valence-corrected chi connectivity index (χ1v) is 6.57. The van der Waals surface area contributed by atoms with Gasteiger partial charge >= 0.3 is 0 Å². The molecule has 1 aromatic carbocycles. The second-order valence-electron chi connectivity index (χ2n) is 3.82. The van der Waals surface area contributed by atoms with E-state index in [2.05, 4.69) is 0 Å². The van der Waals surface area contributed by atoms with Crippen molar-refractivity contribution in [2.45, 2.75) is 19.4 Å². The average Bonchev–Trinajstić information content (AvgIpc) is 2.24. The van der Waals surface area contributed by atoms with Gasteiger partial charge in [-0.25, -0.2) is 0 Å². The van der Waals surface area contributed by atoms with E-state index in [1.54, 1.807) is 30.1 Å². The molecule has 0 unspecified atom stereocenters. The quantitative estimate of drug-likeness (QED) is 0.753. The van der Waals surface area contributed by atoms with E-state index in [-0.39, 0.29) is 5.91 Å². The average molecular weight is 295 g/mol. The van der Waals surface area contributed by atoms with E-state index < -0.39 is 0 Å². The summed E-state index contributed by atoms with van der Waals surface area (Å²) >= 11 is 17.3. The highest BCUT2D eigenvalue weighted by Gasteiger charge is 2.09. The highest BCUT2D eigenvalue weighted by Crippen LogP contribution is 2.20. The molecule has 0 saturated heterocycles. The maximum atomic E-state index is 11.7. The Labute approximate surface area is 116 Å². The standard InChI is InChI=1S/C12H14Cl3NO/c1-16(12(17)3-2-4-13)8-9-5-10(14)7-11(15)6-9/h5-7H,2-4,8H2,1H3. The Balaban J connectivity index is 2.60. The summed E-state index contributed by atoms with van der Waals surface area (Å²) in [6.07, 6.45) is 1.16. The molecule has 0 aliphatic rings. The van der Waals surface area contributed by atoms with Crippen molar-refractivity contribution in [2.24, 2.45) is 0 Å². The summed E-state index contributed by atoms with van der Waals surface area (Å²) in [6.45, 7) is 0.501. The van der Waals surface area contributed by atoms with Crippen LogP contribution in [0.3, 0.4) is 0 Å². The first kappa shape index (κ1) is 14.6. The fraction of sp³-hybridized carbons (Fsp3) is 0.417. The van der Waals surface area contributed by atoms with Crippen LogP contribution in [-0.4, -0.2) is 23.7 Å². The largest absolute Gasteiger partial charge is 0.341 e. The zero-order valence-corrected chi connectivity index (χ0v) is 11.8. The summed E-state index contributed by atoms with van der Waals surface area (Å²) < 4.78 is 0. The lowest BCUT2D eigenvalue weighted by molar-refractivity contribution is -0.130. The molecule has 2 nitrogen and oxygen atoms in total. The van der Waals surface area contributed by atoms with Crippen LogP contribution in [0.2, 0.25) is 10.0 Å². The highest BCUT2D eigenvalue weighted by molar-refractivity contribution is 6.34. The van der Waals surface area contributed by atoms with E-state index in [9.17, 15) is 4.79 Å². The molecule has 0 spiro atoms. The molecule has 1 aromatic rings. The molecule has 0 saturated carbocycles. The monoisotopic (exact) mass is 293 g/mol. The van der Waals surface area contributed by atoms with Crippen molar-refractivity contribution in [3.8, 4) is 0 Å².